The van der Waals surface area contributed by atoms with Crippen molar-refractivity contribution >= 4 is 111 Å². The molecule has 9 rings (SSSR count). The summed E-state index contributed by atoms with van der Waals surface area (Å²) in [7, 11) is 0. The number of Topliss-reactive ketones (excluding diaryl/α,β-unsaturated/α-hetero) is 2. The van der Waals surface area contributed by atoms with E-state index in [1.165, 1.54) is 16.0 Å². The van der Waals surface area contributed by atoms with E-state index in [0.717, 1.165) is 65.4 Å². The van der Waals surface area contributed by atoms with Crippen LogP contribution in [0.5, 0.6) is 0 Å². The van der Waals surface area contributed by atoms with E-state index in [2.05, 4.69) is 86.7 Å². The molecule has 111 heavy (non-hydrogen) atoms. The van der Waals surface area contributed by atoms with Gasteiger partial charge in [-0.05, 0) is 152 Å². The molecule has 3 heterocycles. The highest BCUT2D eigenvalue weighted by molar-refractivity contribution is 7.14. The molecule has 0 aliphatic rings. The number of primary amides is 3. The van der Waals surface area contributed by atoms with Gasteiger partial charge < -0.3 is 58.7 Å². The van der Waals surface area contributed by atoms with E-state index in [-0.39, 0.29) is 89.4 Å². The number of ketones is 2. The molecule has 9 aromatic rings. The van der Waals surface area contributed by atoms with Gasteiger partial charge in [-0.3, -0.25) is 62.3 Å². The Bertz CT molecular complexity index is 4640. The van der Waals surface area contributed by atoms with Gasteiger partial charge in [0.15, 0.2) is 11.6 Å². The van der Waals surface area contributed by atoms with E-state index >= 15 is 0 Å². The number of amides is 6. The number of carboxylic acids is 5. The Morgan fingerprint density at radius 2 is 0.595 bits per heavy atom. The summed E-state index contributed by atoms with van der Waals surface area (Å²) < 4.78 is 0. The van der Waals surface area contributed by atoms with Crippen molar-refractivity contribution in [2.75, 3.05) is 0 Å². The molecule has 0 aliphatic heterocycles. The van der Waals surface area contributed by atoms with Crippen LogP contribution in [0.3, 0.4) is 0 Å². The van der Waals surface area contributed by atoms with E-state index in [1.807, 2.05) is 127 Å². The highest BCUT2D eigenvalue weighted by Gasteiger charge is 2.30. The molecule has 24 nitrogen and oxygen atoms in total. The smallest absolute Gasteiger partial charge is 0.304 e. The van der Waals surface area contributed by atoms with Crippen LogP contribution in [0, 0.1) is 11.8 Å². The molecule has 0 saturated heterocycles. The van der Waals surface area contributed by atoms with Crippen molar-refractivity contribution in [3.05, 3.63) is 215 Å². The molecular formula is C84H88N6O18S3. The number of hydrogen-bond donors (Lipinski definition) is 11. The van der Waals surface area contributed by atoms with Gasteiger partial charge in [-0.2, -0.15) is 0 Å². The van der Waals surface area contributed by atoms with Crippen LogP contribution in [0.1, 0.15) is 113 Å². The Balaban J connectivity index is 0.000000233. The number of thiophene rings is 3. The predicted molar refractivity (Wildman–Crippen MR) is 424 cm³/mol. The Hall–Kier alpha value is -12.1. The zero-order valence-corrected chi connectivity index (χ0v) is 63.1. The number of hydrogen-bond acceptors (Lipinski definition) is 16. The van der Waals surface area contributed by atoms with Gasteiger partial charge in [0.1, 0.15) is 6.04 Å². The van der Waals surface area contributed by atoms with Crippen LogP contribution in [0.25, 0.3) is 64.7 Å². The summed E-state index contributed by atoms with van der Waals surface area (Å²) in [5.41, 5.74) is 28.9. The van der Waals surface area contributed by atoms with Crippen LogP contribution in [-0.4, -0.2) is 121 Å². The number of nitrogens with one attached hydrogen (secondary N) is 3. The van der Waals surface area contributed by atoms with Gasteiger partial charge in [-0.25, -0.2) is 0 Å². The molecule has 0 bridgehead atoms. The lowest BCUT2D eigenvalue weighted by Gasteiger charge is -2.20. The summed E-state index contributed by atoms with van der Waals surface area (Å²) >= 11 is 4.99. The van der Waals surface area contributed by atoms with Crippen LogP contribution in [-0.2, 0) is 81.6 Å². The maximum absolute atomic E-state index is 12.9. The average molecular weight is 1570 g/mol. The first-order valence-electron chi connectivity index (χ1n) is 35.8. The van der Waals surface area contributed by atoms with Gasteiger partial charge in [0, 0.05) is 78.3 Å². The Morgan fingerprint density at radius 1 is 0.297 bits per heavy atom. The lowest BCUT2D eigenvalue weighted by molar-refractivity contribution is -0.141. The first kappa shape index (κ1) is 86.2. The van der Waals surface area contributed by atoms with E-state index in [4.69, 9.17) is 42.7 Å². The largest absolute Gasteiger partial charge is 0.481 e. The lowest BCUT2D eigenvalue weighted by atomic mass is 9.91. The van der Waals surface area contributed by atoms with Gasteiger partial charge in [0.25, 0.3) is 0 Å². The first-order valence-corrected chi connectivity index (χ1v) is 38.4. The number of nitrogens with two attached hydrogens (primary N) is 3. The molecule has 5 atom stereocenters. The third kappa shape index (κ3) is 30.1. The minimum Gasteiger partial charge on any atom is -0.481 e. The van der Waals surface area contributed by atoms with Crippen LogP contribution >= 0.6 is 34.0 Å². The van der Waals surface area contributed by atoms with Gasteiger partial charge in [0.2, 0.25) is 35.4 Å². The quantitative estimate of drug-likeness (QED) is 0.0169. The summed E-state index contributed by atoms with van der Waals surface area (Å²) in [6.07, 6.45) is -0.922. The van der Waals surface area contributed by atoms with Crippen LogP contribution in [0.15, 0.2) is 198 Å². The average Bonchev–Trinajstić information content (AvgIpc) is 1.72. The second-order valence-corrected chi connectivity index (χ2v) is 29.0. The van der Waals surface area contributed by atoms with Gasteiger partial charge >= 0.3 is 29.8 Å². The Labute approximate surface area is 653 Å². The number of benzene rings is 6. The molecule has 0 aliphatic carbocycles. The second-order valence-electron chi connectivity index (χ2n) is 26.3. The lowest BCUT2D eigenvalue weighted by Crippen LogP contribution is -2.44. The summed E-state index contributed by atoms with van der Waals surface area (Å²) in [5, 5.41) is 58.6. The molecule has 14 N–H and O–H groups in total. The zero-order chi connectivity index (χ0) is 80.4. The Kier molecular flexibility index (Phi) is 34.5. The molecule has 580 valence electrons. The molecule has 27 heteroatoms. The molecule has 0 unspecified atom stereocenters. The number of rotatable bonds is 42. The molecule has 0 saturated carbocycles. The summed E-state index contributed by atoms with van der Waals surface area (Å²) in [6.45, 7) is 0. The van der Waals surface area contributed by atoms with Crippen molar-refractivity contribution in [2.24, 2.45) is 29.0 Å². The van der Waals surface area contributed by atoms with Crippen LogP contribution in [0.4, 0.5) is 0 Å². The van der Waals surface area contributed by atoms with E-state index in [9.17, 15) is 62.3 Å². The molecule has 0 fully saturated rings. The highest BCUT2D eigenvalue weighted by atomic mass is 32.1. The molecule has 3 aromatic heterocycles. The fraction of sp³-hybridized carbons (Fsp3) is 0.274. The van der Waals surface area contributed by atoms with E-state index in [1.54, 1.807) is 34.0 Å². The topological polar surface area (TPSA) is 437 Å². The Morgan fingerprint density at radius 3 is 0.883 bits per heavy atom. The van der Waals surface area contributed by atoms with E-state index in [0.29, 0.717) is 19.3 Å². The summed E-state index contributed by atoms with van der Waals surface area (Å²) in [5.74, 6) is -12.5. The first-order chi connectivity index (χ1) is 53.2. The van der Waals surface area contributed by atoms with Crippen molar-refractivity contribution in [1.82, 2.24) is 16.0 Å². The SMILES string of the molecule is NC(=O)[C@H](CC(=O)O)CC(=O)[C@H](CCC(=O)O)NC(=O)CCc1ccc(-c2cc(-c3ccccc3)cs2)cc1.NC(=O)[C@H](CCC(=O)O)NC(=O)CCc1ccc(-c2cc(-c3ccccc3)cs2)cc1.NC(=O)[C@H](CCCC(=O)O)CC(=O)[C@H](CCC(=O)O)NC(=O)CCc1ccc(-c2cc(-c3ccccc3)cs2)cc1. The third-order valence-corrected chi connectivity index (χ3v) is 20.8. The van der Waals surface area contributed by atoms with Crippen LogP contribution in [0.2, 0.25) is 0 Å². The fourth-order valence-electron chi connectivity index (χ4n) is 11.7. The number of carbonyl (C=O) groups excluding carboxylic acids is 8. The highest BCUT2D eigenvalue weighted by Crippen LogP contribution is 2.36. The number of aliphatic carboxylic acids is 5. The minimum atomic E-state index is -1.29. The molecule has 0 radical (unpaired) electrons. The molecule has 6 aromatic carbocycles. The maximum atomic E-state index is 12.9. The third-order valence-electron chi connectivity index (χ3n) is 17.9. The van der Waals surface area contributed by atoms with Crippen molar-refractivity contribution in [3.8, 4) is 64.7 Å². The summed E-state index contributed by atoms with van der Waals surface area (Å²) in [4.78, 5) is 156. The van der Waals surface area contributed by atoms with Crippen molar-refractivity contribution < 1.29 is 87.9 Å². The molecular weight excluding hydrogens is 1480 g/mol. The molecule has 0 spiro atoms. The monoisotopic (exact) mass is 1560 g/mol. The standard InChI is InChI=1S/C31H34N2O7S.C29H30N2O7S.C24H24N2O4S/c32-31(40)23(7-4-8-29(36)37)17-26(34)25(14-16-30(38)39)33-28(35)15-11-20-9-12-22(13-10-20)27-18-24(19-41-27)21-5-2-1-3-6-21;30-29(38)21(16-28(36)37)14-24(32)23(11-13-27(34)35)31-26(33)12-8-18-6-9-20(10-7-18)25-15-22(17-39-25)19-4-2-1-3-5-19;25-24(30)20(11-13-23(28)29)26-22(27)12-8-16-6-9-18(10-7-16)21-14-19(15-31-21)17-4-2-1-3-5-17/h1-3,5-6,9-10,12-13,18-19,23,25H,4,7-8,11,14-17H2,(H2,32,40)(H,33,35)(H,36,37)(H,38,39);1-7,9-10,15,17,21,23H,8,11-14,16H2,(H2,30,38)(H,31,33)(H,34,35)(H,36,37);1-7,9-10,14-15,20H,8,11-13H2,(H2,25,30)(H,26,27)(H,28,29)/t23-,25+;21-,23-;20-/m100/s1. The van der Waals surface area contributed by atoms with E-state index < -0.39 is 114 Å². The van der Waals surface area contributed by atoms with Crippen LogP contribution < -0.4 is 33.2 Å². The predicted octanol–water partition coefficient (Wildman–Crippen LogP) is 12.4. The fourth-order valence-corrected chi connectivity index (χ4v) is 14.5. The molecule has 6 amide bonds. The number of carbonyl (C=O) groups is 13. The summed E-state index contributed by atoms with van der Waals surface area (Å²) in [6, 6.07) is 57.5. The van der Waals surface area contributed by atoms with Gasteiger partial charge in [-0.15, -0.1) is 34.0 Å². The van der Waals surface area contributed by atoms with Gasteiger partial charge in [0.05, 0.1) is 24.4 Å². The van der Waals surface area contributed by atoms with Gasteiger partial charge in [-0.1, -0.05) is 164 Å². The zero-order valence-electron chi connectivity index (χ0n) is 60.7. The van der Waals surface area contributed by atoms with Crippen molar-refractivity contribution in [1.29, 1.82) is 0 Å². The maximum Gasteiger partial charge on any atom is 0.304 e. The second kappa shape index (κ2) is 44.4. The number of aryl methyl sites for hydroxylation is 3. The number of carboxylic acid groups (broad SMARTS) is 5. The normalized spacial score (nSPS) is 12.1. The van der Waals surface area contributed by atoms with Crippen molar-refractivity contribution in [3.63, 3.8) is 0 Å². The minimum absolute atomic E-state index is 0.0170. The van der Waals surface area contributed by atoms with Crippen molar-refractivity contribution in [2.45, 2.75) is 134 Å².